The summed E-state index contributed by atoms with van der Waals surface area (Å²) in [6.45, 7) is 0. The first-order valence-electron chi connectivity index (χ1n) is 4.92. The van der Waals surface area contributed by atoms with Gasteiger partial charge in [-0.1, -0.05) is 0 Å². The average Bonchev–Trinajstić information content (AvgIpc) is 2.39. The number of halogens is 2. The number of benzene rings is 1. The van der Waals surface area contributed by atoms with Crippen molar-refractivity contribution >= 4 is 17.0 Å². The van der Waals surface area contributed by atoms with Gasteiger partial charge in [-0.15, -0.1) is 0 Å². The molecule has 2 rings (SSSR count). The molecule has 0 aliphatic rings. The van der Waals surface area contributed by atoms with Crippen molar-refractivity contribution in [2.24, 2.45) is 0 Å². The minimum Gasteiger partial charge on any atom is -0.256 e. The molecule has 0 saturated heterocycles. The van der Waals surface area contributed by atoms with Crippen molar-refractivity contribution in [3.63, 3.8) is 0 Å². The summed E-state index contributed by atoms with van der Waals surface area (Å²) in [6.07, 6.45) is 2.31. The van der Waals surface area contributed by atoms with Crippen molar-refractivity contribution in [3.8, 4) is 12.1 Å². The van der Waals surface area contributed by atoms with Gasteiger partial charge in [0.1, 0.15) is 29.3 Å². The molecule has 0 bridgehead atoms. The molecular formula is C13H5F2N3. The van der Waals surface area contributed by atoms with Crippen LogP contribution in [-0.4, -0.2) is 4.98 Å². The zero-order valence-electron chi connectivity index (χ0n) is 8.98. The highest BCUT2D eigenvalue weighted by Gasteiger charge is 2.13. The van der Waals surface area contributed by atoms with E-state index in [1.54, 1.807) is 12.1 Å². The molecule has 1 heterocycles. The summed E-state index contributed by atoms with van der Waals surface area (Å²) in [4.78, 5) is 3.83. The van der Waals surface area contributed by atoms with Crippen molar-refractivity contribution in [1.29, 1.82) is 10.5 Å². The normalized spacial score (nSPS) is 9.56. The van der Waals surface area contributed by atoms with E-state index in [-0.39, 0.29) is 16.5 Å². The number of aromatic nitrogens is 1. The molecule has 3 nitrogen and oxygen atoms in total. The first-order valence-corrected chi connectivity index (χ1v) is 4.92. The summed E-state index contributed by atoms with van der Waals surface area (Å²) >= 11 is 0. The molecule has 0 aliphatic carbocycles. The zero-order valence-corrected chi connectivity index (χ0v) is 8.98. The quantitative estimate of drug-likeness (QED) is 0.721. The van der Waals surface area contributed by atoms with Gasteiger partial charge < -0.3 is 0 Å². The molecule has 0 aliphatic heterocycles. The molecule has 0 fully saturated rings. The van der Waals surface area contributed by atoms with Crippen molar-refractivity contribution in [2.75, 3.05) is 0 Å². The van der Waals surface area contributed by atoms with E-state index in [1.807, 2.05) is 0 Å². The lowest BCUT2D eigenvalue weighted by Gasteiger charge is -2.03. The van der Waals surface area contributed by atoms with E-state index in [0.717, 1.165) is 12.1 Å². The van der Waals surface area contributed by atoms with E-state index in [2.05, 4.69) is 4.98 Å². The van der Waals surface area contributed by atoms with Gasteiger partial charge >= 0.3 is 0 Å². The fraction of sp³-hybridized carbons (Fsp3) is 0. The van der Waals surface area contributed by atoms with Crippen molar-refractivity contribution < 1.29 is 8.78 Å². The Hall–Kier alpha value is -2.79. The van der Waals surface area contributed by atoms with E-state index in [0.29, 0.717) is 0 Å². The van der Waals surface area contributed by atoms with Crippen LogP contribution in [0.4, 0.5) is 8.78 Å². The van der Waals surface area contributed by atoms with E-state index in [9.17, 15) is 8.78 Å². The fourth-order valence-corrected chi connectivity index (χ4v) is 1.53. The van der Waals surface area contributed by atoms with Gasteiger partial charge in [0.05, 0.1) is 5.52 Å². The summed E-state index contributed by atoms with van der Waals surface area (Å²) < 4.78 is 27.7. The van der Waals surface area contributed by atoms with E-state index in [4.69, 9.17) is 10.5 Å². The van der Waals surface area contributed by atoms with Crippen LogP contribution in [0.15, 0.2) is 30.0 Å². The summed E-state index contributed by atoms with van der Waals surface area (Å²) in [6, 6.07) is 7.15. The Morgan fingerprint density at radius 3 is 2.67 bits per heavy atom. The number of nitrogens with zero attached hydrogens (tertiary/aromatic N) is 3. The summed E-state index contributed by atoms with van der Waals surface area (Å²) in [5.74, 6) is -1.69. The van der Waals surface area contributed by atoms with Gasteiger partial charge in [-0.3, -0.25) is 4.98 Å². The van der Waals surface area contributed by atoms with Crippen molar-refractivity contribution in [2.45, 2.75) is 0 Å². The van der Waals surface area contributed by atoms with Gasteiger partial charge in [0.2, 0.25) is 0 Å². The number of hydrogen-bond donors (Lipinski definition) is 0. The van der Waals surface area contributed by atoms with Gasteiger partial charge in [-0.05, 0) is 18.2 Å². The molecule has 5 heteroatoms. The number of rotatable bonds is 1. The van der Waals surface area contributed by atoms with Crippen LogP contribution < -0.4 is 0 Å². The van der Waals surface area contributed by atoms with Crippen LogP contribution in [0.2, 0.25) is 0 Å². The largest absolute Gasteiger partial charge is 0.256 e. The van der Waals surface area contributed by atoms with Gasteiger partial charge in [0, 0.05) is 23.2 Å². The molecule has 0 N–H and O–H groups in total. The van der Waals surface area contributed by atoms with Gasteiger partial charge in [-0.2, -0.15) is 10.5 Å². The molecule has 0 radical (unpaired) electrons. The van der Waals surface area contributed by atoms with Crippen LogP contribution in [0, 0.1) is 34.3 Å². The molecule has 1 aromatic heterocycles. The maximum Gasteiger partial charge on any atom is 0.142 e. The number of pyridine rings is 1. The molecule has 1 aromatic carbocycles. The van der Waals surface area contributed by atoms with Crippen LogP contribution >= 0.6 is 0 Å². The highest BCUT2D eigenvalue weighted by molar-refractivity contribution is 5.83. The summed E-state index contributed by atoms with van der Waals surface area (Å²) in [5.41, 5.74) is -0.593. The van der Waals surface area contributed by atoms with E-state index in [1.165, 1.54) is 18.3 Å². The van der Waals surface area contributed by atoms with Gasteiger partial charge in [-0.25, -0.2) is 8.78 Å². The lowest BCUT2D eigenvalue weighted by Crippen LogP contribution is -1.93. The molecule has 0 saturated carbocycles. The van der Waals surface area contributed by atoms with Gasteiger partial charge in [0.15, 0.2) is 0 Å². The molecule has 86 valence electrons. The number of fused-ring (bicyclic) bond motifs is 1. The van der Waals surface area contributed by atoms with Crippen molar-refractivity contribution in [3.05, 3.63) is 47.2 Å². The second kappa shape index (κ2) is 4.60. The second-order valence-corrected chi connectivity index (χ2v) is 3.44. The third-order valence-corrected chi connectivity index (χ3v) is 2.36. The molecular weight excluding hydrogens is 236 g/mol. The third-order valence-electron chi connectivity index (χ3n) is 2.36. The topological polar surface area (TPSA) is 60.5 Å². The number of nitriles is 2. The predicted octanol–water partition coefficient (Wildman–Crippen LogP) is 2.94. The molecule has 2 aromatic rings. The first kappa shape index (κ1) is 11.7. The molecule has 0 spiro atoms. The third kappa shape index (κ3) is 1.90. The summed E-state index contributed by atoms with van der Waals surface area (Å²) in [5, 5.41) is 17.3. The fourth-order valence-electron chi connectivity index (χ4n) is 1.53. The Balaban J connectivity index is 2.78. The second-order valence-electron chi connectivity index (χ2n) is 3.44. The van der Waals surface area contributed by atoms with Crippen LogP contribution in [-0.2, 0) is 0 Å². The predicted molar refractivity (Wildman–Crippen MR) is 60.9 cm³/mol. The lowest BCUT2D eigenvalue weighted by molar-refractivity contribution is 0.587. The SMILES string of the molecule is N#CC(C#N)=Cc1c(F)cc2ncccc2c1F. The Morgan fingerprint density at radius 1 is 1.28 bits per heavy atom. The minimum absolute atomic E-state index is 0.139. The van der Waals surface area contributed by atoms with Crippen molar-refractivity contribution in [1.82, 2.24) is 4.98 Å². The van der Waals surface area contributed by atoms with Crippen LogP contribution in [0.3, 0.4) is 0 Å². The Bertz CT molecular complexity index is 720. The maximum atomic E-state index is 14.0. The van der Waals surface area contributed by atoms with E-state index < -0.39 is 17.2 Å². The lowest BCUT2D eigenvalue weighted by atomic mass is 10.1. The summed E-state index contributed by atoms with van der Waals surface area (Å²) in [7, 11) is 0. The van der Waals surface area contributed by atoms with E-state index >= 15 is 0 Å². The van der Waals surface area contributed by atoms with Crippen LogP contribution in [0.1, 0.15) is 5.56 Å². The zero-order chi connectivity index (χ0) is 13.1. The number of hydrogen-bond acceptors (Lipinski definition) is 3. The maximum absolute atomic E-state index is 14.0. The van der Waals surface area contributed by atoms with Crippen LogP contribution in [0.5, 0.6) is 0 Å². The monoisotopic (exact) mass is 241 g/mol. The minimum atomic E-state index is -0.860. The Labute approximate surface area is 101 Å². The highest BCUT2D eigenvalue weighted by Crippen LogP contribution is 2.24. The molecule has 0 unspecified atom stereocenters. The molecule has 0 atom stereocenters. The standard InChI is InChI=1S/C13H5F2N3/c14-11-5-12-9(2-1-3-18-12)13(15)10(11)4-8(6-16)7-17/h1-5H. The molecule has 0 amide bonds. The molecule has 18 heavy (non-hydrogen) atoms. The average molecular weight is 241 g/mol. The Kier molecular flexibility index (Phi) is 2.99. The smallest absolute Gasteiger partial charge is 0.142 e. The Morgan fingerprint density at radius 2 is 2.00 bits per heavy atom. The first-order chi connectivity index (χ1) is 8.67. The highest BCUT2D eigenvalue weighted by atomic mass is 19.1. The van der Waals surface area contributed by atoms with Gasteiger partial charge in [0.25, 0.3) is 0 Å². The van der Waals surface area contributed by atoms with Crippen LogP contribution in [0.25, 0.3) is 17.0 Å². The number of allylic oxidation sites excluding steroid dienone is 1.